The number of ketones is 1. The van der Waals surface area contributed by atoms with Gasteiger partial charge in [0.05, 0.1) is 12.7 Å². The Balaban J connectivity index is 1.76. The van der Waals surface area contributed by atoms with Crippen LogP contribution >= 0.6 is 15.9 Å². The summed E-state index contributed by atoms with van der Waals surface area (Å²) in [5.41, 5.74) is 0.669. The van der Waals surface area contributed by atoms with E-state index in [1.165, 1.54) is 6.42 Å². The van der Waals surface area contributed by atoms with Gasteiger partial charge in [-0.3, -0.25) is 4.79 Å². The van der Waals surface area contributed by atoms with E-state index in [1.807, 2.05) is 18.2 Å². The van der Waals surface area contributed by atoms with E-state index in [0.29, 0.717) is 12.2 Å². The lowest BCUT2D eigenvalue weighted by Crippen LogP contribution is -2.25. The third-order valence-corrected chi connectivity index (χ3v) is 3.68. The van der Waals surface area contributed by atoms with Crippen molar-refractivity contribution in [3.05, 3.63) is 34.3 Å². The summed E-state index contributed by atoms with van der Waals surface area (Å²) in [6, 6.07) is 7.39. The van der Waals surface area contributed by atoms with Gasteiger partial charge >= 0.3 is 0 Å². The highest BCUT2D eigenvalue weighted by Crippen LogP contribution is 2.17. The Morgan fingerprint density at radius 3 is 2.94 bits per heavy atom. The van der Waals surface area contributed by atoms with E-state index >= 15 is 0 Å². The number of hydrogen-bond acceptors (Lipinski definition) is 3. The molecule has 0 bridgehead atoms. The Morgan fingerprint density at radius 2 is 2.22 bits per heavy atom. The lowest BCUT2D eigenvalue weighted by atomic mass is 10.1. The Labute approximate surface area is 116 Å². The summed E-state index contributed by atoms with van der Waals surface area (Å²) in [4.78, 5) is 11.9. The summed E-state index contributed by atoms with van der Waals surface area (Å²) in [7, 11) is 0. The third-order valence-electron chi connectivity index (χ3n) is 2.99. The molecule has 0 radical (unpaired) electrons. The fraction of sp³-hybridized carbons (Fsp3) is 0.500. The molecule has 18 heavy (non-hydrogen) atoms. The first kappa shape index (κ1) is 13.7. The Bertz CT molecular complexity index is 400. The summed E-state index contributed by atoms with van der Waals surface area (Å²) in [5.74, 6) is -0.00159. The van der Waals surface area contributed by atoms with E-state index < -0.39 is 0 Å². The van der Waals surface area contributed by atoms with E-state index in [9.17, 15) is 4.79 Å². The van der Waals surface area contributed by atoms with Crippen LogP contribution in [0.25, 0.3) is 0 Å². The van der Waals surface area contributed by atoms with E-state index in [0.717, 1.165) is 23.9 Å². The Kier molecular flexibility index (Phi) is 5.35. The predicted molar refractivity (Wildman–Crippen MR) is 72.9 cm³/mol. The van der Waals surface area contributed by atoms with Gasteiger partial charge in [-0.1, -0.05) is 34.1 Å². The second-order valence-corrected chi connectivity index (χ2v) is 5.26. The van der Waals surface area contributed by atoms with Gasteiger partial charge in [0.2, 0.25) is 0 Å². The second-order valence-electron chi connectivity index (χ2n) is 4.41. The maximum absolute atomic E-state index is 11.9. The smallest absolute Gasteiger partial charge is 0.189 e. The predicted octanol–water partition coefficient (Wildman–Crippen LogP) is 3.22. The lowest BCUT2D eigenvalue weighted by Gasteiger charge is -2.22. The fourth-order valence-corrected chi connectivity index (χ4v) is 2.49. The molecular formula is C14H17BrO3. The minimum Gasteiger partial charge on any atom is -0.376 e. The molecule has 1 aliphatic heterocycles. The van der Waals surface area contributed by atoms with Gasteiger partial charge in [0, 0.05) is 16.6 Å². The van der Waals surface area contributed by atoms with Crippen molar-refractivity contribution in [1.29, 1.82) is 0 Å². The maximum atomic E-state index is 11.9. The number of carbonyl (C=O) groups is 1. The number of carbonyl (C=O) groups excluding carboxylic acids is 1. The van der Waals surface area contributed by atoms with Crippen LogP contribution in [0, 0.1) is 0 Å². The van der Waals surface area contributed by atoms with Crippen LogP contribution in [0.15, 0.2) is 28.7 Å². The molecule has 1 unspecified atom stereocenters. The molecule has 1 heterocycles. The molecule has 0 saturated carbocycles. The van der Waals surface area contributed by atoms with E-state index in [4.69, 9.17) is 9.47 Å². The quantitative estimate of drug-likeness (QED) is 0.783. The van der Waals surface area contributed by atoms with Crippen molar-refractivity contribution >= 4 is 21.7 Å². The van der Waals surface area contributed by atoms with Gasteiger partial charge in [0.15, 0.2) is 5.78 Å². The molecule has 98 valence electrons. The van der Waals surface area contributed by atoms with Crippen molar-refractivity contribution in [1.82, 2.24) is 0 Å². The van der Waals surface area contributed by atoms with Crippen LogP contribution in [0.3, 0.4) is 0 Å². The number of halogens is 1. The topological polar surface area (TPSA) is 35.5 Å². The van der Waals surface area contributed by atoms with E-state index in [-0.39, 0.29) is 18.5 Å². The summed E-state index contributed by atoms with van der Waals surface area (Å²) in [6.45, 7) is 1.44. The SMILES string of the molecule is O=C(COCC1CCCCO1)c1ccccc1Br. The maximum Gasteiger partial charge on any atom is 0.189 e. The van der Waals surface area contributed by atoms with Crippen molar-refractivity contribution in [3.63, 3.8) is 0 Å². The van der Waals surface area contributed by atoms with Crippen molar-refractivity contribution in [2.75, 3.05) is 19.8 Å². The van der Waals surface area contributed by atoms with Crippen molar-refractivity contribution in [2.24, 2.45) is 0 Å². The zero-order valence-electron chi connectivity index (χ0n) is 10.2. The molecule has 1 fully saturated rings. The lowest BCUT2D eigenvalue weighted by molar-refractivity contribution is -0.0370. The van der Waals surface area contributed by atoms with Crippen molar-refractivity contribution in [3.8, 4) is 0 Å². The zero-order chi connectivity index (χ0) is 12.8. The standard InChI is InChI=1S/C14H17BrO3/c15-13-7-2-1-6-12(13)14(16)10-17-9-11-5-3-4-8-18-11/h1-2,6-7,11H,3-5,8-10H2. The fourth-order valence-electron chi connectivity index (χ4n) is 1.99. The molecule has 3 nitrogen and oxygen atoms in total. The molecule has 0 aromatic heterocycles. The molecule has 4 heteroatoms. The molecule has 0 amide bonds. The van der Waals surface area contributed by atoms with Crippen molar-refractivity contribution < 1.29 is 14.3 Å². The summed E-state index contributed by atoms with van der Waals surface area (Å²) >= 11 is 3.36. The monoisotopic (exact) mass is 312 g/mol. The van der Waals surface area contributed by atoms with Crippen LogP contribution in [-0.2, 0) is 9.47 Å². The van der Waals surface area contributed by atoms with Crippen LogP contribution in [0.5, 0.6) is 0 Å². The van der Waals surface area contributed by atoms with Gasteiger partial charge in [-0.25, -0.2) is 0 Å². The highest BCUT2D eigenvalue weighted by atomic mass is 79.9. The van der Waals surface area contributed by atoms with Crippen LogP contribution < -0.4 is 0 Å². The highest BCUT2D eigenvalue weighted by molar-refractivity contribution is 9.10. The molecule has 1 aromatic carbocycles. The van der Waals surface area contributed by atoms with Gasteiger partial charge < -0.3 is 9.47 Å². The Hall–Kier alpha value is -0.710. The molecule has 0 N–H and O–H groups in total. The first-order valence-corrected chi connectivity index (χ1v) is 7.04. The zero-order valence-corrected chi connectivity index (χ0v) is 11.8. The summed E-state index contributed by atoms with van der Waals surface area (Å²) < 4.78 is 11.8. The third kappa shape index (κ3) is 3.90. The molecule has 1 saturated heterocycles. The molecular weight excluding hydrogens is 296 g/mol. The summed E-state index contributed by atoms with van der Waals surface area (Å²) in [6.07, 6.45) is 3.51. The number of rotatable bonds is 5. The van der Waals surface area contributed by atoms with Crippen LogP contribution in [0.2, 0.25) is 0 Å². The van der Waals surface area contributed by atoms with Crippen LogP contribution in [0.4, 0.5) is 0 Å². The molecule has 0 aliphatic carbocycles. The first-order chi connectivity index (χ1) is 8.77. The minimum atomic E-state index is -0.00159. The minimum absolute atomic E-state index is 0.00159. The number of Topliss-reactive ketones (excluding diaryl/α,β-unsaturated/α-hetero) is 1. The molecule has 1 aromatic rings. The van der Waals surface area contributed by atoms with E-state index in [2.05, 4.69) is 15.9 Å². The normalized spacial score (nSPS) is 19.7. The van der Waals surface area contributed by atoms with Gasteiger partial charge in [-0.05, 0) is 25.3 Å². The van der Waals surface area contributed by atoms with Gasteiger partial charge in [-0.2, -0.15) is 0 Å². The Morgan fingerprint density at radius 1 is 1.39 bits per heavy atom. The largest absolute Gasteiger partial charge is 0.376 e. The van der Waals surface area contributed by atoms with Crippen molar-refractivity contribution in [2.45, 2.75) is 25.4 Å². The summed E-state index contributed by atoms with van der Waals surface area (Å²) in [5, 5.41) is 0. The average Bonchev–Trinajstić information content (AvgIpc) is 2.40. The number of hydrogen-bond donors (Lipinski definition) is 0. The first-order valence-electron chi connectivity index (χ1n) is 6.24. The van der Waals surface area contributed by atoms with E-state index in [1.54, 1.807) is 6.07 Å². The van der Waals surface area contributed by atoms with Crippen LogP contribution in [-0.4, -0.2) is 31.7 Å². The number of benzene rings is 1. The molecule has 1 aliphatic rings. The van der Waals surface area contributed by atoms with Gasteiger partial charge in [0.25, 0.3) is 0 Å². The van der Waals surface area contributed by atoms with Crippen LogP contribution in [0.1, 0.15) is 29.6 Å². The van der Waals surface area contributed by atoms with Gasteiger partial charge in [-0.15, -0.1) is 0 Å². The molecule has 2 rings (SSSR count). The second kappa shape index (κ2) is 7.02. The molecule has 1 atom stereocenters. The van der Waals surface area contributed by atoms with Gasteiger partial charge in [0.1, 0.15) is 6.61 Å². The average molecular weight is 313 g/mol. The molecule has 0 spiro atoms. The highest BCUT2D eigenvalue weighted by Gasteiger charge is 2.15. The number of ether oxygens (including phenoxy) is 2.